The van der Waals surface area contributed by atoms with Crippen LogP contribution >= 0.6 is 0 Å². The molecule has 19 heavy (non-hydrogen) atoms. The van der Waals surface area contributed by atoms with Crippen molar-refractivity contribution >= 4 is 5.91 Å². The van der Waals surface area contributed by atoms with Crippen molar-refractivity contribution in [3.8, 4) is 12.3 Å². The average molecular weight is 267 g/mol. The number of nitrogens with two attached hydrogens (primary N) is 1. The van der Waals surface area contributed by atoms with Crippen molar-refractivity contribution in [2.45, 2.75) is 38.3 Å². The molecule has 1 unspecified atom stereocenters. The summed E-state index contributed by atoms with van der Waals surface area (Å²) in [5.74, 6) is 2.68. The molecule has 0 aromatic rings. The average Bonchev–Trinajstić information content (AvgIpc) is 2.45. The van der Waals surface area contributed by atoms with Gasteiger partial charge in [0.1, 0.15) is 5.54 Å². The van der Waals surface area contributed by atoms with Gasteiger partial charge in [-0.25, -0.2) is 0 Å². The zero-order chi connectivity index (χ0) is 14.3. The van der Waals surface area contributed by atoms with Gasteiger partial charge in [0.25, 0.3) is 0 Å². The van der Waals surface area contributed by atoms with Crippen LogP contribution in [0.15, 0.2) is 0 Å². The molecule has 0 saturated carbocycles. The summed E-state index contributed by atoms with van der Waals surface area (Å²) in [6, 6.07) is 0. The fourth-order valence-electron chi connectivity index (χ4n) is 2.24. The van der Waals surface area contributed by atoms with Crippen LogP contribution in [0.3, 0.4) is 0 Å². The van der Waals surface area contributed by atoms with Crippen LogP contribution in [0.4, 0.5) is 0 Å². The summed E-state index contributed by atoms with van der Waals surface area (Å²) in [7, 11) is 0. The number of hydrogen-bond acceptors (Lipinski definition) is 4. The first-order valence-electron chi connectivity index (χ1n) is 6.92. The molecule has 5 heteroatoms. The van der Waals surface area contributed by atoms with E-state index in [1.165, 1.54) is 0 Å². The Labute approximate surface area is 115 Å². The fraction of sp³-hybridized carbons (Fsp3) is 0.786. The monoisotopic (exact) mass is 267 g/mol. The summed E-state index contributed by atoms with van der Waals surface area (Å²) in [4.78, 5) is 14.1. The number of nitrogens with one attached hydrogen (secondary N) is 1. The molecule has 0 aliphatic carbocycles. The molecule has 1 amide bonds. The second kappa shape index (κ2) is 7.49. The van der Waals surface area contributed by atoms with Crippen LogP contribution in [0.2, 0.25) is 0 Å². The van der Waals surface area contributed by atoms with Crippen LogP contribution < -0.4 is 11.1 Å². The van der Waals surface area contributed by atoms with Gasteiger partial charge in [-0.15, -0.1) is 6.42 Å². The van der Waals surface area contributed by atoms with Gasteiger partial charge in [0, 0.05) is 19.6 Å². The molecule has 1 heterocycles. The quantitative estimate of drug-likeness (QED) is 0.662. The molecule has 0 bridgehead atoms. The molecule has 1 atom stereocenters. The highest BCUT2D eigenvalue weighted by molar-refractivity contribution is 5.79. The Bertz CT molecular complexity index is 334. The highest BCUT2D eigenvalue weighted by Gasteiger charge is 2.27. The standard InChI is InChI=1S/C14H25N3O2/c1-4-14(5-2,6-3)16-13(18)11-17-7-8-19-12(9-15)10-17/h1,12H,5-11,15H2,2-3H3,(H,16,18). The van der Waals surface area contributed by atoms with E-state index < -0.39 is 5.54 Å². The second-order valence-corrected chi connectivity index (χ2v) is 4.95. The van der Waals surface area contributed by atoms with E-state index in [1.54, 1.807) is 0 Å². The van der Waals surface area contributed by atoms with Crippen molar-refractivity contribution in [1.29, 1.82) is 0 Å². The molecule has 1 fully saturated rings. The Hall–Kier alpha value is -1.09. The maximum absolute atomic E-state index is 12.1. The third-order valence-corrected chi connectivity index (χ3v) is 3.72. The van der Waals surface area contributed by atoms with E-state index in [-0.39, 0.29) is 12.0 Å². The second-order valence-electron chi connectivity index (χ2n) is 4.95. The minimum Gasteiger partial charge on any atom is -0.374 e. The van der Waals surface area contributed by atoms with Gasteiger partial charge in [-0.05, 0) is 12.8 Å². The lowest BCUT2D eigenvalue weighted by Crippen LogP contribution is -2.53. The number of morpholine rings is 1. The molecule has 1 aliphatic rings. The lowest BCUT2D eigenvalue weighted by molar-refractivity contribution is -0.125. The van der Waals surface area contributed by atoms with Crippen LogP contribution in [0.25, 0.3) is 0 Å². The molecule has 0 spiro atoms. The van der Waals surface area contributed by atoms with Crippen LogP contribution in [0, 0.1) is 12.3 Å². The third-order valence-electron chi connectivity index (χ3n) is 3.72. The number of terminal acetylenes is 1. The molecular formula is C14H25N3O2. The number of rotatable bonds is 6. The number of hydrogen-bond donors (Lipinski definition) is 2. The maximum Gasteiger partial charge on any atom is 0.235 e. The van der Waals surface area contributed by atoms with Gasteiger partial charge in [0.05, 0.1) is 19.3 Å². The Morgan fingerprint density at radius 3 is 2.79 bits per heavy atom. The molecule has 1 saturated heterocycles. The smallest absolute Gasteiger partial charge is 0.235 e. The summed E-state index contributed by atoms with van der Waals surface area (Å²) in [5.41, 5.74) is 5.07. The number of carbonyl (C=O) groups is 1. The van der Waals surface area contributed by atoms with Gasteiger partial charge in [0.15, 0.2) is 0 Å². The SMILES string of the molecule is C#CC(CC)(CC)NC(=O)CN1CCOC(CN)C1. The number of ether oxygens (including phenoxy) is 1. The minimum absolute atomic E-state index is 0.0243. The molecule has 0 aromatic heterocycles. The van der Waals surface area contributed by atoms with Gasteiger partial charge in [-0.1, -0.05) is 19.8 Å². The van der Waals surface area contributed by atoms with E-state index in [0.29, 0.717) is 26.2 Å². The number of carbonyl (C=O) groups excluding carboxylic acids is 1. The highest BCUT2D eigenvalue weighted by atomic mass is 16.5. The maximum atomic E-state index is 12.1. The van der Waals surface area contributed by atoms with Gasteiger partial charge < -0.3 is 15.8 Å². The molecule has 1 rings (SSSR count). The van der Waals surface area contributed by atoms with Crippen molar-refractivity contribution in [1.82, 2.24) is 10.2 Å². The topological polar surface area (TPSA) is 67.6 Å². The van der Waals surface area contributed by atoms with E-state index in [0.717, 1.165) is 19.4 Å². The molecule has 0 aromatic carbocycles. The van der Waals surface area contributed by atoms with Gasteiger partial charge in [-0.3, -0.25) is 9.69 Å². The normalized spacial score (nSPS) is 20.8. The van der Waals surface area contributed by atoms with Crippen LogP contribution in [-0.2, 0) is 9.53 Å². The lowest BCUT2D eigenvalue weighted by atomic mass is 9.94. The number of amides is 1. The number of nitrogens with zero attached hydrogens (tertiary/aromatic N) is 1. The Balaban J connectivity index is 2.49. The van der Waals surface area contributed by atoms with Crippen LogP contribution in [-0.4, -0.2) is 55.2 Å². The summed E-state index contributed by atoms with van der Waals surface area (Å²) in [6.07, 6.45) is 7.04. The lowest BCUT2D eigenvalue weighted by Gasteiger charge is -2.33. The fourth-order valence-corrected chi connectivity index (χ4v) is 2.24. The van der Waals surface area contributed by atoms with Crippen LogP contribution in [0.5, 0.6) is 0 Å². The highest BCUT2D eigenvalue weighted by Crippen LogP contribution is 2.13. The Morgan fingerprint density at radius 1 is 1.58 bits per heavy atom. The summed E-state index contributed by atoms with van der Waals surface area (Å²) in [5, 5.41) is 2.97. The zero-order valence-electron chi connectivity index (χ0n) is 11.9. The molecule has 1 aliphatic heterocycles. The van der Waals surface area contributed by atoms with Gasteiger partial charge in [-0.2, -0.15) is 0 Å². The Kier molecular flexibility index (Phi) is 6.29. The third kappa shape index (κ3) is 4.50. The zero-order valence-corrected chi connectivity index (χ0v) is 11.9. The van der Waals surface area contributed by atoms with Crippen LogP contribution in [0.1, 0.15) is 26.7 Å². The molecule has 0 radical (unpaired) electrons. The predicted molar refractivity (Wildman–Crippen MR) is 75.5 cm³/mol. The van der Waals surface area contributed by atoms with Crippen molar-refractivity contribution in [3.05, 3.63) is 0 Å². The molecule has 108 valence electrons. The van der Waals surface area contributed by atoms with E-state index in [2.05, 4.69) is 16.1 Å². The van der Waals surface area contributed by atoms with Crippen molar-refractivity contribution < 1.29 is 9.53 Å². The van der Waals surface area contributed by atoms with Crippen molar-refractivity contribution in [2.75, 3.05) is 32.8 Å². The van der Waals surface area contributed by atoms with Gasteiger partial charge >= 0.3 is 0 Å². The largest absolute Gasteiger partial charge is 0.374 e. The molecule has 5 nitrogen and oxygen atoms in total. The first kappa shape index (κ1) is 16.0. The summed E-state index contributed by atoms with van der Waals surface area (Å²) >= 11 is 0. The van der Waals surface area contributed by atoms with E-state index >= 15 is 0 Å². The predicted octanol–water partition coefficient (Wildman–Crippen LogP) is -0.0459. The summed E-state index contributed by atoms with van der Waals surface area (Å²) in [6.45, 7) is 6.89. The van der Waals surface area contributed by atoms with E-state index in [9.17, 15) is 4.79 Å². The van der Waals surface area contributed by atoms with E-state index in [4.69, 9.17) is 16.9 Å². The molecule has 3 N–H and O–H groups in total. The van der Waals surface area contributed by atoms with Crippen molar-refractivity contribution in [2.24, 2.45) is 5.73 Å². The Morgan fingerprint density at radius 2 is 2.26 bits per heavy atom. The first-order chi connectivity index (χ1) is 9.09. The van der Waals surface area contributed by atoms with Gasteiger partial charge in [0.2, 0.25) is 5.91 Å². The first-order valence-corrected chi connectivity index (χ1v) is 6.92. The summed E-state index contributed by atoms with van der Waals surface area (Å²) < 4.78 is 5.47. The van der Waals surface area contributed by atoms with E-state index in [1.807, 2.05) is 13.8 Å². The minimum atomic E-state index is -0.517. The van der Waals surface area contributed by atoms with Crippen molar-refractivity contribution in [3.63, 3.8) is 0 Å². The molecular weight excluding hydrogens is 242 g/mol.